The maximum absolute atomic E-state index is 12.2. The van der Waals surface area contributed by atoms with Crippen LogP contribution in [-0.4, -0.2) is 31.6 Å². The maximum Gasteiger partial charge on any atom is 0.338 e. The fourth-order valence-corrected chi connectivity index (χ4v) is 3.27. The molecular weight excluding hydrogens is 328 g/mol. The topological polar surface area (TPSA) is 44.8 Å². The Morgan fingerprint density at radius 2 is 1.85 bits per heavy atom. The molecule has 0 spiro atoms. The van der Waals surface area contributed by atoms with Gasteiger partial charge in [-0.1, -0.05) is 45.0 Å². The second-order valence-corrected chi connectivity index (χ2v) is 7.24. The highest BCUT2D eigenvalue weighted by Crippen LogP contribution is 2.35. The maximum atomic E-state index is 12.2. The third kappa shape index (κ3) is 5.68. The minimum atomic E-state index is -0.311. The van der Waals surface area contributed by atoms with Crippen molar-refractivity contribution in [3.05, 3.63) is 48.6 Å². The van der Waals surface area contributed by atoms with Gasteiger partial charge in [-0.25, -0.2) is 4.79 Å². The van der Waals surface area contributed by atoms with Crippen LogP contribution in [0.4, 0.5) is 0 Å². The highest BCUT2D eigenvalue weighted by Gasteiger charge is 2.40. The number of rotatable bonds is 9. The molecule has 1 aromatic rings. The molecule has 2 rings (SSSR count). The van der Waals surface area contributed by atoms with Crippen LogP contribution in [0.2, 0.25) is 0 Å². The number of carbonyl (C=O) groups excluding carboxylic acids is 1. The summed E-state index contributed by atoms with van der Waals surface area (Å²) in [5, 5.41) is 0. The van der Waals surface area contributed by atoms with E-state index in [2.05, 4.69) is 27.4 Å². The van der Waals surface area contributed by atoms with E-state index < -0.39 is 0 Å². The quantitative estimate of drug-likeness (QED) is 0.359. The molecule has 5 unspecified atom stereocenters. The molecule has 1 fully saturated rings. The van der Waals surface area contributed by atoms with Gasteiger partial charge in [0.1, 0.15) is 6.61 Å². The standard InChI is InChI=1S/C22H32O4/c1-5-6-7-11-14-24-22-18(4)16(2)17(3)20(26-22)15-25-21(23)19-12-9-8-10-13-19/h5,8-10,12-13,16-18,20,22H,1,6-7,11,14-15H2,2-4H3. The summed E-state index contributed by atoms with van der Waals surface area (Å²) in [5.41, 5.74) is 0.562. The molecule has 1 aromatic carbocycles. The van der Waals surface area contributed by atoms with E-state index in [4.69, 9.17) is 14.2 Å². The minimum Gasteiger partial charge on any atom is -0.459 e. The Morgan fingerprint density at radius 1 is 1.12 bits per heavy atom. The Morgan fingerprint density at radius 3 is 2.54 bits per heavy atom. The van der Waals surface area contributed by atoms with Gasteiger partial charge >= 0.3 is 5.97 Å². The molecule has 1 saturated heterocycles. The Balaban J connectivity index is 1.86. The summed E-state index contributed by atoms with van der Waals surface area (Å²) in [6, 6.07) is 9.05. The SMILES string of the molecule is C=CCCCCOC1OC(COC(=O)c2ccccc2)C(C)C(C)C1C. The van der Waals surface area contributed by atoms with Gasteiger partial charge in [-0.05, 0) is 43.2 Å². The van der Waals surface area contributed by atoms with Crippen molar-refractivity contribution in [3.8, 4) is 0 Å². The number of unbranched alkanes of at least 4 members (excludes halogenated alkanes) is 2. The lowest BCUT2D eigenvalue weighted by molar-refractivity contribution is -0.254. The third-order valence-electron chi connectivity index (χ3n) is 5.46. The highest BCUT2D eigenvalue weighted by molar-refractivity contribution is 5.89. The third-order valence-corrected chi connectivity index (χ3v) is 5.46. The summed E-state index contributed by atoms with van der Waals surface area (Å²) in [5.74, 6) is 0.733. The van der Waals surface area contributed by atoms with Crippen molar-refractivity contribution in [2.45, 2.75) is 52.4 Å². The van der Waals surface area contributed by atoms with E-state index in [0.717, 1.165) is 19.3 Å². The molecule has 144 valence electrons. The first-order chi connectivity index (χ1) is 12.5. The number of esters is 1. The van der Waals surface area contributed by atoms with Crippen molar-refractivity contribution >= 4 is 5.97 Å². The molecule has 0 saturated carbocycles. The zero-order chi connectivity index (χ0) is 18.9. The number of ether oxygens (including phenoxy) is 3. The smallest absolute Gasteiger partial charge is 0.338 e. The zero-order valence-corrected chi connectivity index (χ0v) is 16.2. The van der Waals surface area contributed by atoms with E-state index in [-0.39, 0.29) is 25.0 Å². The van der Waals surface area contributed by atoms with Crippen LogP contribution in [0, 0.1) is 17.8 Å². The van der Waals surface area contributed by atoms with E-state index in [1.54, 1.807) is 12.1 Å². The highest BCUT2D eigenvalue weighted by atomic mass is 16.7. The summed E-state index contributed by atoms with van der Waals surface area (Å²) in [7, 11) is 0. The Kier molecular flexibility index (Phi) is 8.33. The van der Waals surface area contributed by atoms with Gasteiger partial charge in [-0.3, -0.25) is 0 Å². The van der Waals surface area contributed by atoms with E-state index in [9.17, 15) is 4.79 Å². The average Bonchev–Trinajstić information content (AvgIpc) is 2.67. The number of allylic oxidation sites excluding steroid dienone is 1. The van der Waals surface area contributed by atoms with Crippen LogP contribution in [0.25, 0.3) is 0 Å². The monoisotopic (exact) mass is 360 g/mol. The van der Waals surface area contributed by atoms with Gasteiger partial charge in [-0.2, -0.15) is 0 Å². The number of benzene rings is 1. The molecule has 26 heavy (non-hydrogen) atoms. The van der Waals surface area contributed by atoms with Crippen molar-refractivity contribution in [2.75, 3.05) is 13.2 Å². The van der Waals surface area contributed by atoms with Gasteiger partial charge in [0.05, 0.1) is 11.7 Å². The molecule has 0 bridgehead atoms. The first-order valence-electron chi connectivity index (χ1n) is 9.64. The van der Waals surface area contributed by atoms with E-state index in [0.29, 0.717) is 29.9 Å². The molecule has 4 heteroatoms. The van der Waals surface area contributed by atoms with Crippen LogP contribution in [0.3, 0.4) is 0 Å². The van der Waals surface area contributed by atoms with Gasteiger partial charge in [0.2, 0.25) is 0 Å². The molecule has 1 aliphatic heterocycles. The first kappa shape index (κ1) is 20.7. The Hall–Kier alpha value is -1.65. The molecule has 4 nitrogen and oxygen atoms in total. The van der Waals surface area contributed by atoms with Crippen molar-refractivity contribution in [2.24, 2.45) is 17.8 Å². The minimum absolute atomic E-state index is 0.146. The fraction of sp³-hybridized carbons (Fsp3) is 0.591. The number of hydrogen-bond acceptors (Lipinski definition) is 4. The van der Waals surface area contributed by atoms with Gasteiger partial charge in [-0.15, -0.1) is 6.58 Å². The van der Waals surface area contributed by atoms with Crippen LogP contribution in [-0.2, 0) is 14.2 Å². The molecule has 0 aliphatic carbocycles. The second-order valence-electron chi connectivity index (χ2n) is 7.24. The van der Waals surface area contributed by atoms with Gasteiger partial charge in [0, 0.05) is 12.5 Å². The molecule has 0 amide bonds. The second kappa shape index (κ2) is 10.5. The van der Waals surface area contributed by atoms with Crippen LogP contribution < -0.4 is 0 Å². The molecule has 1 heterocycles. The lowest BCUT2D eigenvalue weighted by Gasteiger charge is -2.43. The summed E-state index contributed by atoms with van der Waals surface area (Å²) in [4.78, 5) is 12.2. The average molecular weight is 360 g/mol. The summed E-state index contributed by atoms with van der Waals surface area (Å²) >= 11 is 0. The predicted octanol–water partition coefficient (Wildman–Crippen LogP) is 4.85. The number of hydrogen-bond donors (Lipinski definition) is 0. The Labute approximate surface area is 157 Å². The van der Waals surface area contributed by atoms with Crippen LogP contribution in [0.1, 0.15) is 50.4 Å². The van der Waals surface area contributed by atoms with Gasteiger partial charge in [0.25, 0.3) is 0 Å². The summed E-state index contributed by atoms with van der Waals surface area (Å²) in [6.45, 7) is 11.2. The van der Waals surface area contributed by atoms with Crippen LogP contribution >= 0.6 is 0 Å². The van der Waals surface area contributed by atoms with E-state index >= 15 is 0 Å². The zero-order valence-electron chi connectivity index (χ0n) is 16.2. The van der Waals surface area contributed by atoms with Crippen molar-refractivity contribution in [1.82, 2.24) is 0 Å². The van der Waals surface area contributed by atoms with Crippen molar-refractivity contribution < 1.29 is 19.0 Å². The first-order valence-corrected chi connectivity index (χ1v) is 9.64. The van der Waals surface area contributed by atoms with Crippen LogP contribution in [0.15, 0.2) is 43.0 Å². The van der Waals surface area contributed by atoms with Crippen molar-refractivity contribution in [3.63, 3.8) is 0 Å². The largest absolute Gasteiger partial charge is 0.459 e. The lowest BCUT2D eigenvalue weighted by Crippen LogP contribution is -2.48. The summed E-state index contributed by atoms with van der Waals surface area (Å²) in [6.07, 6.45) is 4.62. The predicted molar refractivity (Wildman–Crippen MR) is 103 cm³/mol. The molecule has 0 aromatic heterocycles. The molecular formula is C22H32O4. The van der Waals surface area contributed by atoms with Crippen molar-refractivity contribution in [1.29, 1.82) is 0 Å². The Bertz CT molecular complexity index is 557. The molecule has 0 radical (unpaired) electrons. The van der Waals surface area contributed by atoms with Gasteiger partial charge in [0.15, 0.2) is 6.29 Å². The van der Waals surface area contributed by atoms with Gasteiger partial charge < -0.3 is 14.2 Å². The number of carbonyl (C=O) groups is 1. The lowest BCUT2D eigenvalue weighted by atomic mass is 9.79. The fourth-order valence-electron chi connectivity index (χ4n) is 3.27. The van der Waals surface area contributed by atoms with Crippen LogP contribution in [0.5, 0.6) is 0 Å². The molecule has 0 N–H and O–H groups in total. The molecule has 5 atom stereocenters. The normalized spacial score (nSPS) is 28.5. The summed E-state index contributed by atoms with van der Waals surface area (Å²) < 4.78 is 17.6. The molecule has 1 aliphatic rings. The van der Waals surface area contributed by atoms with E-state index in [1.165, 1.54) is 0 Å². The van der Waals surface area contributed by atoms with E-state index in [1.807, 2.05) is 24.3 Å².